The Labute approximate surface area is 80.1 Å². The summed E-state index contributed by atoms with van der Waals surface area (Å²) in [6, 6.07) is 0. The molecule has 0 aromatic heterocycles. The molecule has 0 radical (unpaired) electrons. The molecular formula is C9H20O4. The molecule has 0 aromatic carbocycles. The van der Waals surface area contributed by atoms with Gasteiger partial charge in [-0.3, -0.25) is 0 Å². The monoisotopic (exact) mass is 192 g/mol. The summed E-state index contributed by atoms with van der Waals surface area (Å²) in [5, 5.41) is 0. The average Bonchev–Trinajstić information content (AvgIpc) is 2.05. The summed E-state index contributed by atoms with van der Waals surface area (Å²) >= 11 is 0. The van der Waals surface area contributed by atoms with E-state index < -0.39 is 6.48 Å². The third kappa shape index (κ3) is 6.95. The maximum Gasteiger partial charge on any atom is 0.273 e. The van der Waals surface area contributed by atoms with Gasteiger partial charge in [0.25, 0.3) is 6.48 Å². The third-order valence-electron chi connectivity index (χ3n) is 1.31. The first-order chi connectivity index (χ1) is 6.24. The second-order valence-electron chi connectivity index (χ2n) is 2.36. The van der Waals surface area contributed by atoms with Crippen molar-refractivity contribution in [3.8, 4) is 0 Å². The van der Waals surface area contributed by atoms with E-state index in [1.54, 1.807) is 0 Å². The van der Waals surface area contributed by atoms with E-state index in [4.69, 9.17) is 18.9 Å². The minimum atomic E-state index is -0.614. The van der Waals surface area contributed by atoms with Crippen LogP contribution >= 0.6 is 0 Å². The van der Waals surface area contributed by atoms with E-state index in [9.17, 15) is 0 Å². The fraction of sp³-hybridized carbons (Fsp3) is 1.00. The number of rotatable bonds is 8. The highest BCUT2D eigenvalue weighted by atomic mass is 16.9. The number of hydrogen-bond acceptors (Lipinski definition) is 4. The molecule has 4 heteroatoms. The van der Waals surface area contributed by atoms with Crippen LogP contribution in [0.4, 0.5) is 0 Å². The second kappa shape index (κ2) is 8.44. The Morgan fingerprint density at radius 1 is 0.846 bits per heavy atom. The molecule has 0 bridgehead atoms. The molecule has 13 heavy (non-hydrogen) atoms. The highest BCUT2D eigenvalue weighted by Crippen LogP contribution is 2.03. The van der Waals surface area contributed by atoms with Gasteiger partial charge in [-0.2, -0.15) is 0 Å². The van der Waals surface area contributed by atoms with Crippen molar-refractivity contribution in [2.24, 2.45) is 0 Å². The van der Waals surface area contributed by atoms with Crippen molar-refractivity contribution in [1.82, 2.24) is 0 Å². The van der Waals surface area contributed by atoms with Crippen molar-refractivity contribution in [2.45, 2.75) is 40.5 Å². The van der Waals surface area contributed by atoms with Crippen molar-refractivity contribution in [3.63, 3.8) is 0 Å². The molecule has 0 amide bonds. The SMILES string of the molecule is CCOC(C)OC(OCC)OCC. The van der Waals surface area contributed by atoms with Crippen LogP contribution in [0.5, 0.6) is 0 Å². The lowest BCUT2D eigenvalue weighted by molar-refractivity contribution is -0.334. The van der Waals surface area contributed by atoms with Crippen molar-refractivity contribution in [1.29, 1.82) is 0 Å². The molecule has 0 fully saturated rings. The molecule has 0 aliphatic heterocycles. The molecule has 1 unspecified atom stereocenters. The normalized spacial score (nSPS) is 13.6. The fourth-order valence-electron chi connectivity index (χ4n) is 0.829. The van der Waals surface area contributed by atoms with Crippen molar-refractivity contribution >= 4 is 0 Å². The first kappa shape index (κ1) is 12.8. The van der Waals surface area contributed by atoms with Gasteiger partial charge in [0, 0.05) is 19.8 Å². The van der Waals surface area contributed by atoms with Gasteiger partial charge in [0.1, 0.15) is 0 Å². The van der Waals surface area contributed by atoms with Gasteiger partial charge in [-0.25, -0.2) is 0 Å². The molecule has 0 aromatic rings. The standard InChI is InChI=1S/C9H20O4/c1-5-10-8(4)13-9(11-6-2)12-7-3/h8-9H,5-7H2,1-4H3. The van der Waals surface area contributed by atoms with Gasteiger partial charge in [0.2, 0.25) is 0 Å². The van der Waals surface area contributed by atoms with Crippen molar-refractivity contribution in [3.05, 3.63) is 0 Å². The molecule has 0 spiro atoms. The van der Waals surface area contributed by atoms with Gasteiger partial charge in [-0.15, -0.1) is 0 Å². The van der Waals surface area contributed by atoms with E-state index in [1.807, 2.05) is 27.7 Å². The molecule has 0 saturated heterocycles. The summed E-state index contributed by atoms with van der Waals surface area (Å²) in [6.45, 7) is 8.63. The van der Waals surface area contributed by atoms with Gasteiger partial charge in [0.05, 0.1) is 0 Å². The molecule has 1 atom stereocenters. The third-order valence-corrected chi connectivity index (χ3v) is 1.31. The summed E-state index contributed by atoms with van der Waals surface area (Å²) in [6.07, 6.45) is -0.298. The number of ether oxygens (including phenoxy) is 4. The zero-order chi connectivity index (χ0) is 10.1. The van der Waals surface area contributed by atoms with Crippen LogP contribution in [-0.2, 0) is 18.9 Å². The molecule has 0 N–H and O–H groups in total. The Kier molecular flexibility index (Phi) is 8.33. The van der Waals surface area contributed by atoms with Crippen LogP contribution in [0, 0.1) is 0 Å². The summed E-state index contributed by atoms with van der Waals surface area (Å²) in [5.41, 5.74) is 0. The minimum absolute atomic E-state index is 0.298. The first-order valence-electron chi connectivity index (χ1n) is 4.74. The van der Waals surface area contributed by atoms with Gasteiger partial charge in [0.15, 0.2) is 6.29 Å². The maximum absolute atomic E-state index is 5.30. The van der Waals surface area contributed by atoms with Crippen LogP contribution in [0.3, 0.4) is 0 Å². The first-order valence-corrected chi connectivity index (χ1v) is 4.74. The zero-order valence-electron chi connectivity index (χ0n) is 8.91. The Morgan fingerprint density at radius 3 is 1.69 bits per heavy atom. The van der Waals surface area contributed by atoms with Crippen molar-refractivity contribution < 1.29 is 18.9 Å². The summed E-state index contributed by atoms with van der Waals surface area (Å²) < 4.78 is 20.8. The molecule has 0 saturated carbocycles. The van der Waals surface area contributed by atoms with Gasteiger partial charge in [-0.1, -0.05) is 0 Å². The van der Waals surface area contributed by atoms with Crippen LogP contribution < -0.4 is 0 Å². The van der Waals surface area contributed by atoms with Crippen LogP contribution in [0.1, 0.15) is 27.7 Å². The van der Waals surface area contributed by atoms with E-state index in [2.05, 4.69) is 0 Å². The van der Waals surface area contributed by atoms with E-state index in [0.717, 1.165) is 0 Å². The Hall–Kier alpha value is -0.160. The van der Waals surface area contributed by atoms with Crippen LogP contribution in [0.25, 0.3) is 0 Å². The summed E-state index contributed by atoms with van der Waals surface area (Å²) in [7, 11) is 0. The summed E-state index contributed by atoms with van der Waals surface area (Å²) in [4.78, 5) is 0. The smallest absolute Gasteiger partial charge is 0.273 e. The second-order valence-corrected chi connectivity index (χ2v) is 2.36. The van der Waals surface area contributed by atoms with E-state index in [1.165, 1.54) is 0 Å². The Balaban J connectivity index is 3.64. The Morgan fingerprint density at radius 2 is 1.31 bits per heavy atom. The van der Waals surface area contributed by atoms with E-state index in [0.29, 0.717) is 19.8 Å². The highest BCUT2D eigenvalue weighted by molar-refractivity contribution is 4.32. The van der Waals surface area contributed by atoms with Crippen LogP contribution in [0.15, 0.2) is 0 Å². The van der Waals surface area contributed by atoms with Gasteiger partial charge >= 0.3 is 0 Å². The minimum Gasteiger partial charge on any atom is -0.353 e. The fourth-order valence-corrected chi connectivity index (χ4v) is 0.829. The largest absolute Gasteiger partial charge is 0.353 e. The maximum atomic E-state index is 5.30. The van der Waals surface area contributed by atoms with Crippen LogP contribution in [0.2, 0.25) is 0 Å². The predicted octanol–water partition coefficient (Wildman–Crippen LogP) is 1.74. The van der Waals surface area contributed by atoms with Crippen molar-refractivity contribution in [2.75, 3.05) is 19.8 Å². The van der Waals surface area contributed by atoms with E-state index in [-0.39, 0.29) is 6.29 Å². The molecule has 0 rings (SSSR count). The van der Waals surface area contributed by atoms with Gasteiger partial charge < -0.3 is 18.9 Å². The molecular weight excluding hydrogens is 172 g/mol. The van der Waals surface area contributed by atoms with Crippen LogP contribution in [-0.4, -0.2) is 32.6 Å². The summed E-state index contributed by atoms with van der Waals surface area (Å²) in [5.74, 6) is 0. The predicted molar refractivity (Wildman–Crippen MR) is 49.2 cm³/mol. The molecule has 4 nitrogen and oxygen atoms in total. The average molecular weight is 192 g/mol. The molecule has 0 aliphatic carbocycles. The quantitative estimate of drug-likeness (QED) is 0.549. The molecule has 0 aliphatic rings. The molecule has 80 valence electrons. The molecule has 0 heterocycles. The lowest BCUT2D eigenvalue weighted by Crippen LogP contribution is -2.27. The lowest BCUT2D eigenvalue weighted by atomic mass is 10.7. The zero-order valence-corrected chi connectivity index (χ0v) is 8.91. The number of hydrogen-bond donors (Lipinski definition) is 0. The van der Waals surface area contributed by atoms with E-state index >= 15 is 0 Å². The topological polar surface area (TPSA) is 36.9 Å². The van der Waals surface area contributed by atoms with Gasteiger partial charge in [-0.05, 0) is 27.7 Å². The lowest BCUT2D eigenvalue weighted by Gasteiger charge is -2.21. The Bertz CT molecular complexity index is 102. The highest BCUT2D eigenvalue weighted by Gasteiger charge is 2.12.